The van der Waals surface area contributed by atoms with Crippen LogP contribution >= 0.6 is 22.7 Å². The maximum atomic E-state index is 13.2. The Morgan fingerprint density at radius 1 is 0.676 bits per heavy atom. The average molecular weight is 1050 g/mol. The Morgan fingerprint density at radius 2 is 1.23 bits per heavy atom. The second-order valence-corrected chi connectivity index (χ2v) is 23.1. The quantitative estimate of drug-likeness (QED) is 0.0559. The van der Waals surface area contributed by atoms with Gasteiger partial charge in [-0.15, -0.1) is 22.7 Å². The van der Waals surface area contributed by atoms with Crippen LogP contribution in [0.4, 0.5) is 17.3 Å². The number of ether oxygens (including phenoxy) is 1. The number of rotatable bonds is 18. The van der Waals surface area contributed by atoms with Crippen LogP contribution in [0.1, 0.15) is 75.1 Å². The van der Waals surface area contributed by atoms with Gasteiger partial charge < -0.3 is 20.7 Å². The Bertz CT molecular complexity index is 3030. The van der Waals surface area contributed by atoms with Gasteiger partial charge in [0.25, 0.3) is 43.2 Å². The van der Waals surface area contributed by atoms with Crippen molar-refractivity contribution in [3.8, 4) is 5.75 Å². The number of anilines is 1. The van der Waals surface area contributed by atoms with Crippen molar-refractivity contribution in [1.82, 2.24) is 29.2 Å². The summed E-state index contributed by atoms with van der Waals surface area (Å²) in [5, 5.41) is 30.3. The molecule has 20 nitrogen and oxygen atoms in total. The Morgan fingerprint density at radius 3 is 1.79 bits per heavy atom. The minimum Gasteiger partial charge on any atom is -0.490 e. The van der Waals surface area contributed by atoms with Crippen molar-refractivity contribution in [3.05, 3.63) is 162 Å². The van der Waals surface area contributed by atoms with Crippen LogP contribution < -0.4 is 20.7 Å². The molecule has 8 rings (SSSR count). The van der Waals surface area contributed by atoms with Gasteiger partial charge in [0.2, 0.25) is 5.95 Å². The van der Waals surface area contributed by atoms with Crippen molar-refractivity contribution >= 4 is 71.9 Å². The van der Waals surface area contributed by atoms with Crippen molar-refractivity contribution in [2.24, 2.45) is 0 Å². The van der Waals surface area contributed by atoms with Gasteiger partial charge in [-0.2, -0.15) is 8.61 Å². The van der Waals surface area contributed by atoms with Crippen LogP contribution in [0.15, 0.2) is 124 Å². The smallest absolute Gasteiger partial charge is 0.270 e. The zero-order valence-corrected chi connectivity index (χ0v) is 41.7. The third-order valence-corrected chi connectivity index (χ3v) is 18.4. The van der Waals surface area contributed by atoms with Gasteiger partial charge in [0.1, 0.15) is 20.3 Å². The van der Waals surface area contributed by atoms with E-state index >= 15 is 0 Å². The van der Waals surface area contributed by atoms with Gasteiger partial charge in [0, 0.05) is 89.8 Å². The van der Waals surface area contributed by atoms with E-state index in [1.165, 1.54) is 62.7 Å². The van der Waals surface area contributed by atoms with Crippen molar-refractivity contribution in [2.75, 3.05) is 31.5 Å². The van der Waals surface area contributed by atoms with Gasteiger partial charge in [-0.3, -0.25) is 29.8 Å². The summed E-state index contributed by atoms with van der Waals surface area (Å²) >= 11 is 2.22. The fourth-order valence-electron chi connectivity index (χ4n) is 7.71. The molecule has 0 atom stereocenters. The normalized spacial score (nSPS) is 14.9. The van der Waals surface area contributed by atoms with Crippen LogP contribution in [0.25, 0.3) is 0 Å². The molecular formula is C47H51N9O11S4. The van der Waals surface area contributed by atoms with Gasteiger partial charge in [-0.1, -0.05) is 31.5 Å². The van der Waals surface area contributed by atoms with E-state index in [4.69, 9.17) is 4.74 Å². The highest BCUT2D eigenvalue weighted by Gasteiger charge is 2.33. The molecule has 0 aliphatic carbocycles. The first-order chi connectivity index (χ1) is 34.1. The molecule has 0 bridgehead atoms. The van der Waals surface area contributed by atoms with E-state index in [0.717, 1.165) is 41.3 Å². The van der Waals surface area contributed by atoms with Gasteiger partial charge in [0.05, 0.1) is 22.9 Å². The van der Waals surface area contributed by atoms with Crippen molar-refractivity contribution in [2.45, 2.75) is 79.1 Å². The maximum absolute atomic E-state index is 13.2. The van der Waals surface area contributed by atoms with E-state index < -0.39 is 41.7 Å². The van der Waals surface area contributed by atoms with E-state index in [2.05, 4.69) is 45.0 Å². The number of carbonyl (C=O) groups is 2. The summed E-state index contributed by atoms with van der Waals surface area (Å²) in [6.45, 7) is 3.93. The number of amides is 2. The molecule has 0 unspecified atom stereocenters. The first-order valence-electron chi connectivity index (χ1n) is 22.6. The van der Waals surface area contributed by atoms with Gasteiger partial charge >= 0.3 is 0 Å². The molecular weight excluding hydrogens is 995 g/mol. The minimum atomic E-state index is -3.65. The number of carbonyl (C=O) groups excluding carboxylic acids is 2. The first kappa shape index (κ1) is 52.1. The lowest BCUT2D eigenvalue weighted by molar-refractivity contribution is -0.385. The molecule has 2 saturated heterocycles. The van der Waals surface area contributed by atoms with Crippen LogP contribution in [-0.2, 0) is 39.6 Å². The topological polar surface area (TPSA) is 266 Å². The lowest BCUT2D eigenvalue weighted by Crippen LogP contribution is -2.42. The molecule has 2 fully saturated rings. The molecule has 0 spiro atoms. The van der Waals surface area contributed by atoms with E-state index in [1.807, 2.05) is 12.1 Å². The number of benzene rings is 3. The highest BCUT2D eigenvalue weighted by Crippen LogP contribution is 2.30. The Kier molecular flexibility index (Phi) is 17.6. The molecule has 0 saturated carbocycles. The standard InChI is InChI=1S/C26H29N3O6S2.C21H22N6O5S2/c1-2-5-19-6-3-9-23(16-19)35-22-12-14-28(15-13-22)37(33,34)25-11-10-24(36-25)18-27-26(30)20-7-4-8-21(17-20)29(31)32;28-20(15-2-4-17(5-3-15)27(29)30)24-14-18-6-7-19(33-18)34(31,32)26-12-8-16(9-13-26)25-21-22-10-1-11-23-21/h3-4,6-11,16-17,22H,2,5,12-15,18H2,1H3,(H,27,30);1-7,10-11,16H,8-9,12-14H2,(H,24,28)(H,22,23,25). The molecule has 2 aliphatic rings. The number of nitrogens with one attached hydrogen (secondary N) is 3. The third kappa shape index (κ3) is 14.0. The summed E-state index contributed by atoms with van der Waals surface area (Å²) in [6.07, 6.45) is 7.82. The van der Waals surface area contributed by atoms with Gasteiger partial charge in [0.15, 0.2) is 0 Å². The fourth-order valence-corrected chi connectivity index (χ4v) is 13.6. The van der Waals surface area contributed by atoms with E-state index in [-0.39, 0.29) is 56.2 Å². The number of sulfonamides is 2. The molecule has 71 heavy (non-hydrogen) atoms. The largest absolute Gasteiger partial charge is 0.490 e. The summed E-state index contributed by atoms with van der Waals surface area (Å²) in [5.74, 6) is 0.485. The van der Waals surface area contributed by atoms with Gasteiger partial charge in [-0.05, 0) is 98.3 Å². The Hall–Kier alpha value is -6.70. The number of nitrogens with zero attached hydrogens (tertiary/aromatic N) is 6. The number of nitro benzene ring substituents is 2. The van der Waals surface area contributed by atoms with Gasteiger partial charge in [-0.25, -0.2) is 26.8 Å². The predicted octanol–water partition coefficient (Wildman–Crippen LogP) is 7.41. The summed E-state index contributed by atoms with van der Waals surface area (Å²) in [4.78, 5) is 54.9. The molecule has 2 amide bonds. The summed E-state index contributed by atoms with van der Waals surface area (Å²) in [5.41, 5.74) is 1.41. The van der Waals surface area contributed by atoms with Crippen LogP contribution in [0.2, 0.25) is 0 Å². The lowest BCUT2D eigenvalue weighted by Gasteiger charge is -2.31. The molecule has 0 radical (unpaired) electrons. The number of aromatic nitrogens is 2. The second-order valence-electron chi connectivity index (χ2n) is 16.4. The number of aryl methyl sites for hydroxylation is 1. The van der Waals surface area contributed by atoms with Crippen LogP contribution in [0.5, 0.6) is 5.75 Å². The predicted molar refractivity (Wildman–Crippen MR) is 267 cm³/mol. The fraction of sp³-hybridized carbons (Fsp3) is 0.319. The lowest BCUT2D eigenvalue weighted by atomic mass is 10.1. The SMILES string of the molecule is CCCc1cccc(OC2CCN(S(=O)(=O)c3ccc(CNC(=O)c4cccc([N+](=O)[O-])c4)s3)CC2)c1.O=C(NCc1ccc(S(=O)(=O)N2CCC(Nc3ncccn3)CC2)s1)c1ccc([N+](=O)[O-])cc1. The molecule has 3 N–H and O–H groups in total. The highest BCUT2D eigenvalue weighted by atomic mass is 32.3. The third-order valence-electron chi connectivity index (χ3n) is 11.5. The number of hydrogen-bond donors (Lipinski definition) is 3. The van der Waals surface area contributed by atoms with Crippen LogP contribution in [-0.4, -0.2) is 95.4 Å². The van der Waals surface area contributed by atoms with Crippen LogP contribution in [0, 0.1) is 20.2 Å². The molecule has 3 aromatic heterocycles. The summed E-state index contributed by atoms with van der Waals surface area (Å²) in [6, 6.07) is 27.1. The van der Waals surface area contributed by atoms with Crippen LogP contribution in [0.3, 0.4) is 0 Å². The Labute approximate surface area is 418 Å². The maximum Gasteiger partial charge on any atom is 0.270 e. The molecule has 374 valence electrons. The number of piperidine rings is 2. The Balaban J connectivity index is 0.000000209. The summed E-state index contributed by atoms with van der Waals surface area (Å²) < 4.78 is 62.0. The highest BCUT2D eigenvalue weighted by molar-refractivity contribution is 7.91. The van der Waals surface area contributed by atoms with Crippen molar-refractivity contribution < 1.29 is 41.0 Å². The molecule has 2 aliphatic heterocycles. The van der Waals surface area contributed by atoms with E-state index in [9.17, 15) is 46.7 Å². The minimum absolute atomic E-state index is 0.0359. The molecule has 3 aromatic carbocycles. The number of nitro groups is 2. The number of non-ortho nitro benzene ring substituents is 2. The molecule has 5 heterocycles. The zero-order valence-electron chi connectivity index (χ0n) is 38.4. The monoisotopic (exact) mass is 1050 g/mol. The average Bonchev–Trinajstić information content (AvgIpc) is 4.08. The van der Waals surface area contributed by atoms with E-state index in [1.54, 1.807) is 42.7 Å². The number of hydrogen-bond acceptors (Lipinski definition) is 16. The first-order valence-corrected chi connectivity index (χ1v) is 27.1. The molecule has 6 aromatic rings. The van der Waals surface area contributed by atoms with Crippen molar-refractivity contribution in [3.63, 3.8) is 0 Å². The number of thiophene rings is 2. The van der Waals surface area contributed by atoms with Crippen molar-refractivity contribution in [1.29, 1.82) is 0 Å². The molecule has 24 heteroatoms. The zero-order chi connectivity index (χ0) is 50.5. The second kappa shape index (κ2) is 23.9. The summed E-state index contributed by atoms with van der Waals surface area (Å²) in [7, 11) is -7.27. The van der Waals surface area contributed by atoms with E-state index in [0.29, 0.717) is 67.6 Å².